The predicted molar refractivity (Wildman–Crippen MR) is 126 cm³/mol. The molecule has 1 unspecified atom stereocenters. The van der Waals surface area contributed by atoms with Crippen molar-refractivity contribution in [2.75, 3.05) is 5.32 Å². The molecule has 31 heavy (non-hydrogen) atoms. The zero-order chi connectivity index (χ0) is 20.2. The van der Waals surface area contributed by atoms with E-state index in [2.05, 4.69) is 32.9 Å². The lowest BCUT2D eigenvalue weighted by Gasteiger charge is -2.29. The Kier molecular flexibility index (Phi) is 5.05. The number of hydrogen-bond donors (Lipinski definition) is 2. The van der Waals surface area contributed by atoms with E-state index in [1.165, 1.54) is 12.8 Å². The highest BCUT2D eigenvalue weighted by Crippen LogP contribution is 2.33. The van der Waals surface area contributed by atoms with Crippen LogP contribution in [-0.2, 0) is 7.05 Å². The van der Waals surface area contributed by atoms with Crippen LogP contribution in [0.1, 0.15) is 31.2 Å². The van der Waals surface area contributed by atoms with E-state index in [0.29, 0.717) is 23.7 Å². The molecule has 0 radical (unpaired) electrons. The third kappa shape index (κ3) is 3.63. The van der Waals surface area contributed by atoms with Crippen molar-refractivity contribution in [2.24, 2.45) is 7.05 Å². The third-order valence-corrected chi connectivity index (χ3v) is 7.16. The summed E-state index contributed by atoms with van der Waals surface area (Å²) in [5, 5.41) is 23.2. The fourth-order valence-corrected chi connectivity index (χ4v) is 5.84. The molecule has 6 rings (SSSR count). The van der Waals surface area contributed by atoms with Crippen molar-refractivity contribution in [1.29, 1.82) is 5.26 Å². The Bertz CT molecular complexity index is 1310. The van der Waals surface area contributed by atoms with Crippen LogP contribution >= 0.6 is 23.7 Å². The van der Waals surface area contributed by atoms with Crippen LogP contribution in [0.2, 0.25) is 0 Å². The second-order valence-electron chi connectivity index (χ2n) is 8.38. The summed E-state index contributed by atoms with van der Waals surface area (Å²) >= 11 is 1.68. The van der Waals surface area contributed by atoms with Gasteiger partial charge >= 0.3 is 0 Å². The summed E-state index contributed by atoms with van der Waals surface area (Å²) in [7, 11) is 1.87. The summed E-state index contributed by atoms with van der Waals surface area (Å²) in [5.41, 5.74) is 3.97. The van der Waals surface area contributed by atoms with Gasteiger partial charge in [0.25, 0.3) is 0 Å². The van der Waals surface area contributed by atoms with E-state index < -0.39 is 0 Å². The highest BCUT2D eigenvalue weighted by molar-refractivity contribution is 7.22. The number of anilines is 1. The summed E-state index contributed by atoms with van der Waals surface area (Å²) in [5.74, 6) is 0. The Balaban J connectivity index is 0.00000204. The number of pyridine rings is 1. The molecule has 0 spiro atoms. The molecule has 2 saturated heterocycles. The lowest BCUT2D eigenvalue weighted by atomic mass is 10.0. The minimum Gasteiger partial charge on any atom is -0.359 e. The van der Waals surface area contributed by atoms with Gasteiger partial charge in [-0.1, -0.05) is 11.3 Å². The monoisotopic (exact) mass is 451 g/mol. The Labute approximate surface area is 189 Å². The Hall–Kier alpha value is -2.73. The fraction of sp³-hybridized carbons (Fsp3) is 0.364. The van der Waals surface area contributed by atoms with Crippen molar-refractivity contribution in [1.82, 2.24) is 25.1 Å². The average molecular weight is 452 g/mol. The van der Waals surface area contributed by atoms with Gasteiger partial charge in [-0.2, -0.15) is 10.4 Å². The average Bonchev–Trinajstić information content (AvgIpc) is 3.41. The Morgan fingerprint density at radius 1 is 1.23 bits per heavy atom. The molecule has 2 aliphatic heterocycles. The van der Waals surface area contributed by atoms with E-state index in [4.69, 9.17) is 4.98 Å². The summed E-state index contributed by atoms with van der Waals surface area (Å²) in [6.07, 6.45) is 8.68. The molecule has 9 heteroatoms. The second kappa shape index (κ2) is 7.75. The molecule has 158 valence electrons. The van der Waals surface area contributed by atoms with Gasteiger partial charge in [0.15, 0.2) is 5.13 Å². The summed E-state index contributed by atoms with van der Waals surface area (Å²) in [4.78, 5) is 9.39. The molecule has 0 saturated carbocycles. The molecular weight excluding hydrogens is 430 g/mol. The van der Waals surface area contributed by atoms with Crippen molar-refractivity contribution in [3.8, 4) is 17.3 Å². The fourth-order valence-electron chi connectivity index (χ4n) is 4.89. The number of thiazole rings is 1. The molecule has 0 aliphatic carbocycles. The van der Waals surface area contributed by atoms with Crippen LogP contribution in [0.5, 0.6) is 0 Å². The number of aryl methyl sites for hydroxylation is 1. The van der Waals surface area contributed by atoms with Crippen molar-refractivity contribution < 1.29 is 0 Å². The van der Waals surface area contributed by atoms with Crippen LogP contribution in [0.25, 0.3) is 32.4 Å². The molecule has 7 nitrogen and oxygen atoms in total. The number of piperidine rings is 1. The van der Waals surface area contributed by atoms with E-state index in [1.54, 1.807) is 16.0 Å². The second-order valence-corrected chi connectivity index (χ2v) is 9.41. The van der Waals surface area contributed by atoms with Gasteiger partial charge in [-0.15, -0.1) is 12.4 Å². The lowest BCUT2D eigenvalue weighted by molar-refractivity contribution is 0.378. The molecule has 2 N–H and O–H groups in total. The molecule has 3 atom stereocenters. The number of nitrogens with one attached hydrogen (secondary N) is 2. The van der Waals surface area contributed by atoms with Crippen LogP contribution in [0.4, 0.5) is 5.13 Å². The first-order chi connectivity index (χ1) is 14.6. The SMILES string of the molecule is Cl.Cn1cc2cc(-c3cc4sc(NC5C[C@H]6CC[C@@H](C5)N6)nc4cn3)cc(C#N)c2n1. The topological polar surface area (TPSA) is 91.5 Å². The summed E-state index contributed by atoms with van der Waals surface area (Å²) in [6, 6.07) is 10.0. The highest BCUT2D eigenvalue weighted by Gasteiger charge is 2.33. The molecule has 1 aromatic carbocycles. The van der Waals surface area contributed by atoms with Crippen LogP contribution in [0.15, 0.2) is 30.6 Å². The number of halogens is 1. The van der Waals surface area contributed by atoms with E-state index >= 15 is 0 Å². The predicted octanol–water partition coefficient (Wildman–Crippen LogP) is 4.23. The quantitative estimate of drug-likeness (QED) is 0.484. The first kappa shape index (κ1) is 20.2. The van der Waals surface area contributed by atoms with Gasteiger partial charge < -0.3 is 10.6 Å². The zero-order valence-corrected chi connectivity index (χ0v) is 18.6. The zero-order valence-electron chi connectivity index (χ0n) is 17.0. The maximum Gasteiger partial charge on any atom is 0.184 e. The molecule has 2 fully saturated rings. The van der Waals surface area contributed by atoms with Crippen LogP contribution in [0.3, 0.4) is 0 Å². The number of aromatic nitrogens is 4. The van der Waals surface area contributed by atoms with Crippen molar-refractivity contribution in [2.45, 2.75) is 43.8 Å². The maximum absolute atomic E-state index is 9.55. The number of nitrogens with zero attached hydrogens (tertiary/aromatic N) is 5. The summed E-state index contributed by atoms with van der Waals surface area (Å²) < 4.78 is 2.84. The summed E-state index contributed by atoms with van der Waals surface area (Å²) in [6.45, 7) is 0. The first-order valence-electron chi connectivity index (χ1n) is 10.3. The van der Waals surface area contributed by atoms with Crippen LogP contribution < -0.4 is 10.6 Å². The number of fused-ring (bicyclic) bond motifs is 4. The van der Waals surface area contributed by atoms with Gasteiger partial charge in [-0.25, -0.2) is 4.98 Å². The third-order valence-electron chi connectivity index (χ3n) is 6.21. The van der Waals surface area contributed by atoms with E-state index in [-0.39, 0.29) is 12.4 Å². The Morgan fingerprint density at radius 2 is 2.03 bits per heavy atom. The van der Waals surface area contributed by atoms with Gasteiger partial charge in [0.05, 0.1) is 22.2 Å². The van der Waals surface area contributed by atoms with Crippen LogP contribution in [0, 0.1) is 11.3 Å². The van der Waals surface area contributed by atoms with E-state index in [9.17, 15) is 5.26 Å². The van der Waals surface area contributed by atoms with E-state index in [1.807, 2.05) is 31.6 Å². The van der Waals surface area contributed by atoms with Gasteiger partial charge in [-0.3, -0.25) is 9.67 Å². The molecule has 2 aliphatic rings. The highest BCUT2D eigenvalue weighted by atomic mass is 35.5. The molecule has 5 heterocycles. The smallest absolute Gasteiger partial charge is 0.184 e. The van der Waals surface area contributed by atoms with E-state index in [0.717, 1.165) is 50.4 Å². The number of nitriles is 1. The van der Waals surface area contributed by atoms with Gasteiger partial charge in [0.2, 0.25) is 0 Å². The Morgan fingerprint density at radius 3 is 2.81 bits per heavy atom. The maximum atomic E-state index is 9.55. The molecule has 4 aromatic rings. The van der Waals surface area contributed by atoms with Gasteiger partial charge in [0, 0.05) is 42.3 Å². The normalized spacial score (nSPS) is 22.4. The minimum atomic E-state index is 0. The number of rotatable bonds is 3. The molecule has 0 amide bonds. The van der Waals surface area contributed by atoms with Crippen molar-refractivity contribution in [3.05, 3.63) is 36.2 Å². The van der Waals surface area contributed by atoms with Crippen molar-refractivity contribution >= 4 is 50.0 Å². The largest absolute Gasteiger partial charge is 0.359 e. The number of benzene rings is 1. The molecule has 2 bridgehead atoms. The lowest BCUT2D eigenvalue weighted by Crippen LogP contribution is -2.43. The van der Waals surface area contributed by atoms with Crippen molar-refractivity contribution in [3.63, 3.8) is 0 Å². The standard InChI is InChI=1S/C22H21N7S.ClH/c1-29-11-14-5-12(4-13(9-23)21(14)28-29)18-8-20-19(10-24-18)27-22(30-20)26-17-6-15-2-3-16(7-17)25-15;/h4-5,8,10-11,15-17,25H,2-3,6-7H2,1H3,(H,26,27);1H/t15-,16+,17?;. The molecular formula is C22H22ClN7S. The minimum absolute atomic E-state index is 0. The molecule has 3 aromatic heterocycles. The number of hydrogen-bond acceptors (Lipinski definition) is 7. The van der Waals surface area contributed by atoms with Gasteiger partial charge in [-0.05, 0) is 43.9 Å². The van der Waals surface area contributed by atoms with Gasteiger partial charge in [0.1, 0.15) is 17.1 Å². The first-order valence-corrected chi connectivity index (χ1v) is 11.1. The van der Waals surface area contributed by atoms with Crippen LogP contribution in [-0.4, -0.2) is 37.9 Å².